The highest BCUT2D eigenvalue weighted by Gasteiger charge is 2.21. The zero-order chi connectivity index (χ0) is 18.1. The average Bonchev–Trinajstić information content (AvgIpc) is 2.92. The maximum absolute atomic E-state index is 12.8. The Morgan fingerprint density at radius 1 is 1.20 bits per heavy atom. The summed E-state index contributed by atoms with van der Waals surface area (Å²) >= 11 is 1.45. The standard InChI is InChI=1S/C20H23N3OS/c1-6-16-21-14(5)17-12(3)18(25-20(17)23-16)19(24)22-13(4)15-10-8-7-9-11(15)2/h7-10,13H,6H2,1-5H3,(H,22,24). The molecule has 1 N–H and O–H groups in total. The number of benzene rings is 1. The molecule has 2 aromatic heterocycles. The number of hydrogen-bond acceptors (Lipinski definition) is 4. The van der Waals surface area contributed by atoms with Gasteiger partial charge in [-0.25, -0.2) is 9.97 Å². The lowest BCUT2D eigenvalue weighted by atomic mass is 10.0. The number of fused-ring (bicyclic) bond motifs is 1. The predicted molar refractivity (Wildman–Crippen MR) is 103 cm³/mol. The molecule has 1 unspecified atom stereocenters. The predicted octanol–water partition coefficient (Wildman–Crippen LogP) is 4.67. The molecule has 1 atom stereocenters. The molecule has 25 heavy (non-hydrogen) atoms. The van der Waals surface area contributed by atoms with Gasteiger partial charge in [0.15, 0.2) is 0 Å². The lowest BCUT2D eigenvalue weighted by molar-refractivity contribution is 0.0943. The second kappa shape index (κ2) is 6.92. The first kappa shape index (κ1) is 17.5. The summed E-state index contributed by atoms with van der Waals surface area (Å²) in [4.78, 5) is 23.6. The fraction of sp³-hybridized carbons (Fsp3) is 0.350. The third-order valence-electron chi connectivity index (χ3n) is 4.54. The number of nitrogens with one attached hydrogen (secondary N) is 1. The first-order valence-electron chi connectivity index (χ1n) is 8.55. The first-order valence-corrected chi connectivity index (χ1v) is 9.37. The Labute approximate surface area is 152 Å². The molecule has 3 aromatic rings. The summed E-state index contributed by atoms with van der Waals surface area (Å²) in [5.74, 6) is 0.778. The summed E-state index contributed by atoms with van der Waals surface area (Å²) < 4.78 is 0. The summed E-state index contributed by atoms with van der Waals surface area (Å²) in [5, 5.41) is 4.14. The molecule has 1 amide bonds. The van der Waals surface area contributed by atoms with E-state index >= 15 is 0 Å². The van der Waals surface area contributed by atoms with Crippen molar-refractivity contribution in [2.45, 2.75) is 47.1 Å². The Morgan fingerprint density at radius 2 is 1.92 bits per heavy atom. The summed E-state index contributed by atoms with van der Waals surface area (Å²) in [7, 11) is 0. The Morgan fingerprint density at radius 3 is 2.60 bits per heavy atom. The van der Waals surface area contributed by atoms with Crippen LogP contribution >= 0.6 is 11.3 Å². The molecule has 130 valence electrons. The highest BCUT2D eigenvalue weighted by atomic mass is 32.1. The maximum Gasteiger partial charge on any atom is 0.262 e. The Hall–Kier alpha value is -2.27. The molecule has 0 bridgehead atoms. The molecule has 0 saturated heterocycles. The zero-order valence-corrected chi connectivity index (χ0v) is 16.1. The minimum absolute atomic E-state index is 0.0447. The van der Waals surface area contributed by atoms with Gasteiger partial charge in [-0.2, -0.15) is 0 Å². The molecule has 5 heteroatoms. The van der Waals surface area contributed by atoms with Crippen molar-refractivity contribution in [3.8, 4) is 0 Å². The van der Waals surface area contributed by atoms with Crippen LogP contribution in [0, 0.1) is 20.8 Å². The van der Waals surface area contributed by atoms with Crippen LogP contribution in [-0.4, -0.2) is 15.9 Å². The van der Waals surface area contributed by atoms with Crippen molar-refractivity contribution in [2.24, 2.45) is 0 Å². The molecule has 0 saturated carbocycles. The van der Waals surface area contributed by atoms with Gasteiger partial charge in [-0.1, -0.05) is 31.2 Å². The van der Waals surface area contributed by atoms with Crippen molar-refractivity contribution in [1.82, 2.24) is 15.3 Å². The van der Waals surface area contributed by atoms with Crippen LogP contribution in [0.1, 0.15) is 57.8 Å². The zero-order valence-electron chi connectivity index (χ0n) is 15.3. The number of hydrogen-bond donors (Lipinski definition) is 1. The molecule has 3 rings (SSSR count). The van der Waals surface area contributed by atoms with Crippen molar-refractivity contribution in [3.63, 3.8) is 0 Å². The van der Waals surface area contributed by atoms with Gasteiger partial charge in [0.2, 0.25) is 0 Å². The fourth-order valence-corrected chi connectivity index (χ4v) is 4.34. The maximum atomic E-state index is 12.8. The summed E-state index contributed by atoms with van der Waals surface area (Å²) in [5.41, 5.74) is 4.23. The number of carbonyl (C=O) groups excluding carboxylic acids is 1. The van der Waals surface area contributed by atoms with E-state index in [1.54, 1.807) is 0 Å². The largest absolute Gasteiger partial charge is 0.345 e. The van der Waals surface area contributed by atoms with Gasteiger partial charge in [-0.3, -0.25) is 4.79 Å². The minimum atomic E-state index is -0.0475. The lowest BCUT2D eigenvalue weighted by Crippen LogP contribution is -2.26. The van der Waals surface area contributed by atoms with Gasteiger partial charge < -0.3 is 5.32 Å². The van der Waals surface area contributed by atoms with Crippen LogP contribution in [-0.2, 0) is 6.42 Å². The highest BCUT2D eigenvalue weighted by molar-refractivity contribution is 7.20. The van der Waals surface area contributed by atoms with E-state index in [2.05, 4.69) is 34.3 Å². The van der Waals surface area contributed by atoms with Crippen LogP contribution in [0.2, 0.25) is 0 Å². The van der Waals surface area contributed by atoms with E-state index in [0.29, 0.717) is 0 Å². The van der Waals surface area contributed by atoms with Crippen LogP contribution in [0.4, 0.5) is 0 Å². The SMILES string of the molecule is CCc1nc(C)c2c(C)c(C(=O)NC(C)c3ccccc3C)sc2n1. The Bertz CT molecular complexity index is 946. The number of aromatic nitrogens is 2. The topological polar surface area (TPSA) is 54.9 Å². The number of nitrogens with zero attached hydrogens (tertiary/aromatic N) is 2. The van der Waals surface area contributed by atoms with Crippen LogP contribution in [0.5, 0.6) is 0 Å². The monoisotopic (exact) mass is 353 g/mol. The van der Waals surface area contributed by atoms with E-state index in [1.165, 1.54) is 16.9 Å². The second-order valence-electron chi connectivity index (χ2n) is 6.37. The molecule has 0 aliphatic rings. The smallest absolute Gasteiger partial charge is 0.262 e. The first-order chi connectivity index (χ1) is 11.9. The van der Waals surface area contributed by atoms with Gasteiger partial charge in [-0.15, -0.1) is 11.3 Å². The molecular formula is C20H23N3OS. The van der Waals surface area contributed by atoms with Gasteiger partial charge in [0.25, 0.3) is 5.91 Å². The molecule has 0 aliphatic carbocycles. The third kappa shape index (κ3) is 3.29. The number of thiophene rings is 1. The molecule has 0 spiro atoms. The van der Waals surface area contributed by atoms with Crippen LogP contribution in [0.25, 0.3) is 10.2 Å². The van der Waals surface area contributed by atoms with Gasteiger partial charge in [0.05, 0.1) is 10.9 Å². The van der Waals surface area contributed by atoms with Gasteiger partial charge in [0, 0.05) is 17.5 Å². The quantitative estimate of drug-likeness (QED) is 0.741. The van der Waals surface area contributed by atoms with Crippen LogP contribution in [0.3, 0.4) is 0 Å². The third-order valence-corrected chi connectivity index (χ3v) is 5.73. The molecule has 0 radical (unpaired) electrons. The molecule has 0 fully saturated rings. The minimum Gasteiger partial charge on any atom is -0.345 e. The van der Waals surface area contributed by atoms with E-state index < -0.39 is 0 Å². The number of carbonyl (C=O) groups is 1. The van der Waals surface area contributed by atoms with E-state index in [0.717, 1.165) is 44.2 Å². The number of amides is 1. The van der Waals surface area contributed by atoms with Gasteiger partial charge in [0.1, 0.15) is 10.7 Å². The fourth-order valence-electron chi connectivity index (χ4n) is 3.18. The lowest BCUT2D eigenvalue weighted by Gasteiger charge is -2.16. The van der Waals surface area contributed by atoms with Crippen molar-refractivity contribution < 1.29 is 4.79 Å². The Balaban J connectivity index is 1.93. The number of rotatable bonds is 4. The van der Waals surface area contributed by atoms with E-state index in [4.69, 9.17) is 0 Å². The second-order valence-corrected chi connectivity index (χ2v) is 7.37. The summed E-state index contributed by atoms with van der Waals surface area (Å²) in [6, 6.07) is 8.09. The van der Waals surface area contributed by atoms with E-state index in [1.807, 2.05) is 39.8 Å². The van der Waals surface area contributed by atoms with Crippen molar-refractivity contribution in [2.75, 3.05) is 0 Å². The van der Waals surface area contributed by atoms with Gasteiger partial charge >= 0.3 is 0 Å². The number of aryl methyl sites for hydroxylation is 4. The highest BCUT2D eigenvalue weighted by Crippen LogP contribution is 2.31. The van der Waals surface area contributed by atoms with E-state index in [-0.39, 0.29) is 11.9 Å². The van der Waals surface area contributed by atoms with Crippen molar-refractivity contribution >= 4 is 27.5 Å². The summed E-state index contributed by atoms with van der Waals surface area (Å²) in [6.45, 7) is 10.1. The van der Waals surface area contributed by atoms with Crippen LogP contribution < -0.4 is 5.32 Å². The van der Waals surface area contributed by atoms with Crippen LogP contribution in [0.15, 0.2) is 24.3 Å². The molecule has 2 heterocycles. The molecule has 4 nitrogen and oxygen atoms in total. The van der Waals surface area contributed by atoms with Crippen molar-refractivity contribution in [1.29, 1.82) is 0 Å². The molecule has 0 aliphatic heterocycles. The molecular weight excluding hydrogens is 330 g/mol. The average molecular weight is 353 g/mol. The molecule has 1 aromatic carbocycles. The van der Waals surface area contributed by atoms with Gasteiger partial charge in [-0.05, 0) is 44.4 Å². The summed E-state index contributed by atoms with van der Waals surface area (Å²) in [6.07, 6.45) is 0.791. The Kier molecular flexibility index (Phi) is 4.86. The van der Waals surface area contributed by atoms with Crippen molar-refractivity contribution in [3.05, 3.63) is 57.4 Å². The van der Waals surface area contributed by atoms with E-state index in [9.17, 15) is 4.79 Å². The normalized spacial score (nSPS) is 12.4.